The number of amides is 1. The number of carbonyl (C=O) groups excluding carboxylic acids is 1. The van der Waals surface area contributed by atoms with Gasteiger partial charge in [-0.2, -0.15) is 9.78 Å². The number of methoxy groups -OCH3 is 2. The molecule has 4 aromatic rings. The maximum atomic E-state index is 13.3. The van der Waals surface area contributed by atoms with Gasteiger partial charge in [-0.15, -0.1) is 11.3 Å². The maximum absolute atomic E-state index is 13.3. The second-order valence-electron chi connectivity index (χ2n) is 7.55. The van der Waals surface area contributed by atoms with E-state index in [1.807, 2.05) is 24.4 Å². The molecule has 2 N–H and O–H groups in total. The Labute approximate surface area is 208 Å². The van der Waals surface area contributed by atoms with Crippen LogP contribution in [-0.2, 0) is 6.42 Å². The van der Waals surface area contributed by atoms with Gasteiger partial charge < -0.3 is 14.8 Å². The topological polar surface area (TPSA) is 154 Å². The van der Waals surface area contributed by atoms with E-state index in [0.717, 1.165) is 10.9 Å². The van der Waals surface area contributed by atoms with E-state index in [-0.39, 0.29) is 34.4 Å². The number of hydrogen-bond donors (Lipinski definition) is 2. The van der Waals surface area contributed by atoms with Crippen LogP contribution >= 0.6 is 11.3 Å². The average molecular weight is 511 g/mol. The minimum absolute atomic E-state index is 0.0922. The molecule has 13 heteroatoms. The number of aromatic amines is 1. The number of rotatable bonds is 8. The summed E-state index contributed by atoms with van der Waals surface area (Å²) in [5.74, 6) is -0.281. The van der Waals surface area contributed by atoms with E-state index in [9.17, 15) is 19.7 Å². The lowest BCUT2D eigenvalue weighted by atomic mass is 10.1. The summed E-state index contributed by atoms with van der Waals surface area (Å²) < 4.78 is 11.6. The predicted molar refractivity (Wildman–Crippen MR) is 134 cm³/mol. The highest BCUT2D eigenvalue weighted by Crippen LogP contribution is 2.35. The molecule has 0 saturated heterocycles. The van der Waals surface area contributed by atoms with Crippen molar-refractivity contribution in [2.24, 2.45) is 0 Å². The standard InChI is InChI=1S/C23H22N6O6S/c1-5-13-12(2)24-23(26-21(13)30)28-20(10-15(27-28)19-7-6-8-36-19)25-22(31)14-9-17(34-3)18(35-4)11-16(14)29(32)33/h6-11H,5H2,1-4H3,(H,25,31)(H,24,26,30). The first-order chi connectivity index (χ1) is 17.3. The Morgan fingerprint density at radius 1 is 1.25 bits per heavy atom. The van der Waals surface area contributed by atoms with Gasteiger partial charge in [-0.1, -0.05) is 13.0 Å². The second kappa shape index (κ2) is 10.00. The minimum Gasteiger partial charge on any atom is -0.493 e. The summed E-state index contributed by atoms with van der Waals surface area (Å²) in [7, 11) is 2.70. The van der Waals surface area contributed by atoms with Crippen molar-refractivity contribution in [3.63, 3.8) is 0 Å². The molecule has 0 unspecified atom stereocenters. The number of ether oxygens (including phenoxy) is 2. The first-order valence-corrected chi connectivity index (χ1v) is 11.6. The number of anilines is 1. The van der Waals surface area contributed by atoms with Crippen molar-refractivity contribution < 1.29 is 19.2 Å². The Balaban J connectivity index is 1.83. The lowest BCUT2D eigenvalue weighted by Crippen LogP contribution is -2.22. The van der Waals surface area contributed by atoms with Crippen LogP contribution in [0.2, 0.25) is 0 Å². The highest BCUT2D eigenvalue weighted by atomic mass is 32.1. The van der Waals surface area contributed by atoms with Crippen LogP contribution in [0.4, 0.5) is 11.5 Å². The van der Waals surface area contributed by atoms with Crippen molar-refractivity contribution in [3.8, 4) is 28.0 Å². The zero-order valence-electron chi connectivity index (χ0n) is 19.8. The minimum atomic E-state index is -0.786. The number of nitrogens with zero attached hydrogens (tertiary/aromatic N) is 4. The molecule has 0 aliphatic carbocycles. The van der Waals surface area contributed by atoms with Crippen molar-refractivity contribution in [2.75, 3.05) is 19.5 Å². The van der Waals surface area contributed by atoms with Crippen LogP contribution in [0.25, 0.3) is 16.5 Å². The molecule has 1 aromatic carbocycles. The average Bonchev–Trinajstić information content (AvgIpc) is 3.53. The number of nitro benzene ring substituents is 1. The van der Waals surface area contributed by atoms with Gasteiger partial charge in [0.1, 0.15) is 17.1 Å². The molecule has 1 amide bonds. The van der Waals surface area contributed by atoms with E-state index in [1.54, 1.807) is 13.0 Å². The van der Waals surface area contributed by atoms with Crippen LogP contribution in [0.15, 0.2) is 40.5 Å². The number of nitrogens with one attached hydrogen (secondary N) is 2. The van der Waals surface area contributed by atoms with Gasteiger partial charge in [0.25, 0.3) is 17.2 Å². The van der Waals surface area contributed by atoms with Gasteiger partial charge >= 0.3 is 0 Å². The van der Waals surface area contributed by atoms with Crippen molar-refractivity contribution in [3.05, 3.63) is 73.0 Å². The fourth-order valence-corrected chi connectivity index (χ4v) is 4.35. The van der Waals surface area contributed by atoms with Crippen molar-refractivity contribution in [1.82, 2.24) is 19.7 Å². The number of H-pyrrole nitrogens is 1. The van der Waals surface area contributed by atoms with E-state index in [1.165, 1.54) is 36.3 Å². The van der Waals surface area contributed by atoms with Gasteiger partial charge in [0.05, 0.1) is 30.1 Å². The highest BCUT2D eigenvalue weighted by Gasteiger charge is 2.26. The molecule has 0 bridgehead atoms. The molecular formula is C23H22N6O6S. The van der Waals surface area contributed by atoms with Crippen molar-refractivity contribution in [1.29, 1.82) is 0 Å². The Bertz CT molecular complexity index is 1510. The summed E-state index contributed by atoms with van der Waals surface area (Å²) in [6.07, 6.45) is 0.501. The summed E-state index contributed by atoms with van der Waals surface area (Å²) >= 11 is 1.44. The molecule has 12 nitrogen and oxygen atoms in total. The fraction of sp³-hybridized carbons (Fsp3) is 0.217. The van der Waals surface area contributed by atoms with Crippen LogP contribution in [0.5, 0.6) is 11.5 Å². The molecule has 3 aromatic heterocycles. The van der Waals surface area contributed by atoms with Crippen LogP contribution in [0.3, 0.4) is 0 Å². The van der Waals surface area contributed by atoms with Gasteiger partial charge in [-0.3, -0.25) is 24.7 Å². The summed E-state index contributed by atoms with van der Waals surface area (Å²) in [4.78, 5) is 44.8. The lowest BCUT2D eigenvalue weighted by molar-refractivity contribution is -0.385. The molecule has 0 spiro atoms. The normalized spacial score (nSPS) is 10.8. The Hall–Kier alpha value is -4.52. The SMILES string of the molecule is CCc1c(C)nc(-n2nc(-c3cccs3)cc2NC(=O)c2cc(OC)c(OC)cc2[N+](=O)[O-])[nH]c1=O. The molecule has 186 valence electrons. The summed E-state index contributed by atoms with van der Waals surface area (Å²) in [5, 5.41) is 20.8. The summed E-state index contributed by atoms with van der Waals surface area (Å²) in [6.45, 7) is 3.57. The molecule has 3 heterocycles. The summed E-state index contributed by atoms with van der Waals surface area (Å²) in [5.41, 5.74) is 0.544. The Morgan fingerprint density at radius 3 is 2.56 bits per heavy atom. The zero-order chi connectivity index (χ0) is 26.0. The third-order valence-corrected chi connectivity index (χ3v) is 6.32. The van der Waals surface area contributed by atoms with Crippen LogP contribution in [-0.4, -0.2) is 44.8 Å². The Morgan fingerprint density at radius 2 is 1.97 bits per heavy atom. The third-order valence-electron chi connectivity index (χ3n) is 5.43. The third kappa shape index (κ3) is 4.55. The lowest BCUT2D eigenvalue weighted by Gasteiger charge is -2.12. The van der Waals surface area contributed by atoms with E-state index in [4.69, 9.17) is 9.47 Å². The van der Waals surface area contributed by atoms with Gasteiger partial charge in [0.2, 0.25) is 5.95 Å². The first kappa shape index (κ1) is 24.6. The van der Waals surface area contributed by atoms with Gasteiger partial charge in [-0.05, 0) is 24.8 Å². The van der Waals surface area contributed by atoms with Gasteiger partial charge in [0, 0.05) is 23.4 Å². The van der Waals surface area contributed by atoms with E-state index < -0.39 is 16.5 Å². The summed E-state index contributed by atoms with van der Waals surface area (Å²) in [6, 6.07) is 7.65. The molecule has 0 fully saturated rings. The smallest absolute Gasteiger partial charge is 0.286 e. The van der Waals surface area contributed by atoms with Crippen LogP contribution < -0.4 is 20.3 Å². The van der Waals surface area contributed by atoms with E-state index in [0.29, 0.717) is 23.4 Å². The van der Waals surface area contributed by atoms with Gasteiger partial charge in [0.15, 0.2) is 11.5 Å². The molecule has 36 heavy (non-hydrogen) atoms. The number of carbonyl (C=O) groups is 1. The highest BCUT2D eigenvalue weighted by molar-refractivity contribution is 7.13. The van der Waals surface area contributed by atoms with Gasteiger partial charge in [-0.25, -0.2) is 4.98 Å². The number of hydrogen-bond acceptors (Lipinski definition) is 9. The molecular weight excluding hydrogens is 488 g/mol. The number of nitro groups is 1. The van der Waals surface area contributed by atoms with Crippen LogP contribution in [0.1, 0.15) is 28.5 Å². The number of aryl methyl sites for hydroxylation is 1. The van der Waals surface area contributed by atoms with Crippen molar-refractivity contribution in [2.45, 2.75) is 20.3 Å². The quantitative estimate of drug-likeness (QED) is 0.268. The molecule has 0 atom stereocenters. The van der Waals surface area contributed by atoms with E-state index >= 15 is 0 Å². The zero-order valence-corrected chi connectivity index (χ0v) is 20.6. The number of aromatic nitrogens is 4. The molecule has 4 rings (SSSR count). The monoisotopic (exact) mass is 510 g/mol. The molecule has 0 radical (unpaired) electrons. The number of thiophene rings is 1. The Kier molecular flexibility index (Phi) is 6.83. The predicted octanol–water partition coefficient (Wildman–Crippen LogP) is 3.73. The molecule has 0 saturated carbocycles. The maximum Gasteiger partial charge on any atom is 0.286 e. The molecule has 0 aliphatic rings. The number of benzene rings is 1. The first-order valence-electron chi connectivity index (χ1n) is 10.7. The van der Waals surface area contributed by atoms with Crippen molar-refractivity contribution >= 4 is 28.7 Å². The fourth-order valence-electron chi connectivity index (χ4n) is 3.67. The second-order valence-corrected chi connectivity index (χ2v) is 8.49. The largest absolute Gasteiger partial charge is 0.493 e. The van der Waals surface area contributed by atoms with E-state index in [2.05, 4.69) is 20.4 Å². The molecule has 0 aliphatic heterocycles. The van der Waals surface area contributed by atoms with Crippen LogP contribution in [0, 0.1) is 17.0 Å².